The third-order valence-electron chi connectivity index (χ3n) is 4.13. The van der Waals surface area contributed by atoms with Crippen LogP contribution >= 0.6 is 11.6 Å². The van der Waals surface area contributed by atoms with Gasteiger partial charge in [-0.1, -0.05) is 11.6 Å². The van der Waals surface area contributed by atoms with Gasteiger partial charge in [0.25, 0.3) is 5.91 Å². The van der Waals surface area contributed by atoms with Gasteiger partial charge in [-0.05, 0) is 55.3 Å². The van der Waals surface area contributed by atoms with Crippen molar-refractivity contribution in [1.29, 1.82) is 0 Å². The van der Waals surface area contributed by atoms with E-state index in [9.17, 15) is 17.6 Å². The van der Waals surface area contributed by atoms with Crippen LogP contribution in [0.5, 0.6) is 0 Å². The van der Waals surface area contributed by atoms with Gasteiger partial charge >= 0.3 is 0 Å². The maximum atomic E-state index is 13.8. The zero-order valence-electron chi connectivity index (χ0n) is 14.2. The van der Waals surface area contributed by atoms with Crippen molar-refractivity contribution < 1.29 is 22.3 Å². The van der Waals surface area contributed by atoms with E-state index in [4.69, 9.17) is 16.3 Å². The predicted octanol–water partition coefficient (Wildman–Crippen LogP) is 3.19. The van der Waals surface area contributed by atoms with Crippen LogP contribution in [-0.2, 0) is 14.8 Å². The number of hydrogen-bond acceptors (Lipinski definition) is 4. The lowest BCUT2D eigenvalue weighted by Gasteiger charge is -2.12. The second-order valence-electron chi connectivity index (χ2n) is 6.09. The molecule has 1 atom stereocenters. The minimum absolute atomic E-state index is 0.0145. The largest absolute Gasteiger partial charge is 0.377 e. The van der Waals surface area contributed by atoms with Gasteiger partial charge in [0.05, 0.1) is 16.7 Å². The van der Waals surface area contributed by atoms with Crippen molar-refractivity contribution in [2.45, 2.75) is 23.8 Å². The average molecular weight is 413 g/mol. The normalized spacial score (nSPS) is 17.0. The van der Waals surface area contributed by atoms with Crippen LogP contribution in [0.3, 0.4) is 0 Å². The minimum atomic E-state index is -3.70. The van der Waals surface area contributed by atoms with Gasteiger partial charge in [-0.3, -0.25) is 4.79 Å². The lowest BCUT2D eigenvalue weighted by atomic mass is 10.2. The van der Waals surface area contributed by atoms with Crippen molar-refractivity contribution >= 4 is 33.2 Å². The molecule has 2 aromatic carbocycles. The summed E-state index contributed by atoms with van der Waals surface area (Å²) in [7, 11) is -3.70. The van der Waals surface area contributed by atoms with Crippen LogP contribution in [0, 0.1) is 5.82 Å². The molecule has 1 aliphatic heterocycles. The van der Waals surface area contributed by atoms with Gasteiger partial charge in [0.2, 0.25) is 10.0 Å². The van der Waals surface area contributed by atoms with Crippen LogP contribution in [0.25, 0.3) is 0 Å². The number of hydrogen-bond donors (Lipinski definition) is 2. The monoisotopic (exact) mass is 412 g/mol. The Hall–Kier alpha value is -2.00. The second kappa shape index (κ2) is 8.35. The molecule has 1 unspecified atom stereocenters. The highest BCUT2D eigenvalue weighted by Crippen LogP contribution is 2.20. The molecule has 0 spiro atoms. The van der Waals surface area contributed by atoms with Gasteiger partial charge in [0.1, 0.15) is 5.82 Å². The molecule has 0 bridgehead atoms. The van der Waals surface area contributed by atoms with Crippen LogP contribution in [0.15, 0.2) is 47.4 Å². The number of sulfonamides is 1. The van der Waals surface area contributed by atoms with Gasteiger partial charge in [0.15, 0.2) is 0 Å². The van der Waals surface area contributed by atoms with E-state index in [2.05, 4.69) is 10.0 Å². The molecule has 1 saturated heterocycles. The van der Waals surface area contributed by atoms with Crippen molar-refractivity contribution in [2.24, 2.45) is 0 Å². The molecule has 2 aromatic rings. The van der Waals surface area contributed by atoms with Crippen molar-refractivity contribution in [3.8, 4) is 0 Å². The first kappa shape index (κ1) is 19.8. The molecule has 2 N–H and O–H groups in total. The number of benzene rings is 2. The van der Waals surface area contributed by atoms with Crippen LogP contribution in [-0.4, -0.2) is 33.6 Å². The van der Waals surface area contributed by atoms with E-state index in [0.29, 0.717) is 6.61 Å². The molecule has 0 saturated carbocycles. The number of halogens is 2. The van der Waals surface area contributed by atoms with Crippen LogP contribution in [0.1, 0.15) is 23.2 Å². The molecular formula is C18H18ClFN2O4S. The maximum Gasteiger partial charge on any atom is 0.255 e. The van der Waals surface area contributed by atoms with E-state index in [1.165, 1.54) is 36.4 Å². The van der Waals surface area contributed by atoms with Crippen LogP contribution < -0.4 is 10.0 Å². The number of rotatable bonds is 6. The predicted molar refractivity (Wildman–Crippen MR) is 100.0 cm³/mol. The molecule has 144 valence electrons. The first-order valence-electron chi connectivity index (χ1n) is 8.33. The molecule has 0 radical (unpaired) electrons. The standard InChI is InChI=1S/C18H18ClFN2O4S/c19-13-5-8-17(16(20)10-13)22-18(23)12-3-6-15(7-4-12)27(24,25)21-11-14-2-1-9-26-14/h3-8,10,14,21H,1-2,9,11H2,(H,22,23). The van der Waals surface area contributed by atoms with Crippen molar-refractivity contribution in [3.63, 3.8) is 0 Å². The quantitative estimate of drug-likeness (QED) is 0.763. The fourth-order valence-corrected chi connectivity index (χ4v) is 3.89. The Morgan fingerprint density at radius 1 is 1.22 bits per heavy atom. The summed E-state index contributed by atoms with van der Waals surface area (Å²) in [5.74, 6) is -1.22. The summed E-state index contributed by atoms with van der Waals surface area (Å²) in [5.41, 5.74) is 0.182. The summed E-state index contributed by atoms with van der Waals surface area (Å²) in [6.07, 6.45) is 1.63. The summed E-state index contributed by atoms with van der Waals surface area (Å²) >= 11 is 5.67. The van der Waals surface area contributed by atoms with E-state index in [-0.39, 0.29) is 33.8 Å². The Bertz CT molecular complexity index is 929. The SMILES string of the molecule is O=C(Nc1ccc(Cl)cc1F)c1ccc(S(=O)(=O)NCC2CCCO2)cc1. The second-order valence-corrected chi connectivity index (χ2v) is 8.29. The number of carbonyl (C=O) groups is 1. The van der Waals surface area contributed by atoms with E-state index >= 15 is 0 Å². The molecule has 1 fully saturated rings. The molecule has 1 aliphatic rings. The molecule has 1 amide bonds. The van der Waals surface area contributed by atoms with Crippen molar-refractivity contribution in [3.05, 3.63) is 58.9 Å². The molecule has 6 nitrogen and oxygen atoms in total. The van der Waals surface area contributed by atoms with E-state index in [1.54, 1.807) is 0 Å². The third kappa shape index (κ3) is 5.04. The van der Waals surface area contributed by atoms with Crippen molar-refractivity contribution in [1.82, 2.24) is 4.72 Å². The van der Waals surface area contributed by atoms with E-state index in [1.807, 2.05) is 0 Å². The Labute approximate surface area is 161 Å². The topological polar surface area (TPSA) is 84.5 Å². The van der Waals surface area contributed by atoms with Gasteiger partial charge in [-0.25, -0.2) is 17.5 Å². The highest BCUT2D eigenvalue weighted by molar-refractivity contribution is 7.89. The molecule has 27 heavy (non-hydrogen) atoms. The first-order chi connectivity index (χ1) is 12.8. The highest BCUT2D eigenvalue weighted by atomic mass is 35.5. The van der Waals surface area contributed by atoms with Gasteiger partial charge in [-0.15, -0.1) is 0 Å². The summed E-state index contributed by atoms with van der Waals surface area (Å²) < 4.78 is 46.3. The number of nitrogens with one attached hydrogen (secondary N) is 2. The Kier molecular flexibility index (Phi) is 6.11. The van der Waals surface area contributed by atoms with Gasteiger partial charge < -0.3 is 10.1 Å². The molecular weight excluding hydrogens is 395 g/mol. The third-order valence-corrected chi connectivity index (χ3v) is 5.81. The fraction of sp³-hybridized carbons (Fsp3) is 0.278. The molecule has 0 aliphatic carbocycles. The smallest absolute Gasteiger partial charge is 0.255 e. The summed E-state index contributed by atoms with van der Waals surface area (Å²) in [4.78, 5) is 12.3. The Balaban J connectivity index is 1.65. The zero-order chi connectivity index (χ0) is 19.4. The van der Waals surface area contributed by atoms with Crippen LogP contribution in [0.4, 0.5) is 10.1 Å². The summed E-state index contributed by atoms with van der Waals surface area (Å²) in [6.45, 7) is 0.852. The highest BCUT2D eigenvalue weighted by Gasteiger charge is 2.20. The number of anilines is 1. The maximum absolute atomic E-state index is 13.8. The number of carbonyl (C=O) groups excluding carboxylic acids is 1. The number of ether oxygens (including phenoxy) is 1. The summed E-state index contributed by atoms with van der Waals surface area (Å²) in [5, 5.41) is 2.64. The molecule has 0 aromatic heterocycles. The first-order valence-corrected chi connectivity index (χ1v) is 10.2. The fourth-order valence-electron chi connectivity index (χ4n) is 2.66. The Morgan fingerprint density at radius 2 is 1.96 bits per heavy atom. The molecule has 1 heterocycles. The lowest BCUT2D eigenvalue weighted by Crippen LogP contribution is -2.31. The van der Waals surface area contributed by atoms with Gasteiger partial charge in [-0.2, -0.15) is 0 Å². The molecule has 3 rings (SSSR count). The van der Waals surface area contributed by atoms with Crippen LogP contribution in [0.2, 0.25) is 5.02 Å². The minimum Gasteiger partial charge on any atom is -0.377 e. The van der Waals surface area contributed by atoms with E-state index in [0.717, 1.165) is 18.9 Å². The molecule has 9 heteroatoms. The summed E-state index contributed by atoms with van der Waals surface area (Å²) in [6, 6.07) is 9.27. The van der Waals surface area contributed by atoms with E-state index < -0.39 is 21.7 Å². The number of amides is 1. The Morgan fingerprint density at radius 3 is 2.59 bits per heavy atom. The van der Waals surface area contributed by atoms with Gasteiger partial charge in [0, 0.05) is 23.7 Å². The average Bonchev–Trinajstić information content (AvgIpc) is 3.16. The lowest BCUT2D eigenvalue weighted by molar-refractivity contribution is 0.102. The zero-order valence-corrected chi connectivity index (χ0v) is 15.8. The van der Waals surface area contributed by atoms with Crippen molar-refractivity contribution in [2.75, 3.05) is 18.5 Å².